The number of aromatic nitrogens is 2. The molecule has 115 valence electrons. The molecule has 7 heteroatoms. The maximum atomic E-state index is 12.5. The van der Waals surface area contributed by atoms with Gasteiger partial charge in [-0.3, -0.25) is 10.2 Å². The molecule has 0 aliphatic carbocycles. The van der Waals surface area contributed by atoms with Crippen molar-refractivity contribution in [2.24, 2.45) is 0 Å². The van der Waals surface area contributed by atoms with Crippen molar-refractivity contribution in [2.75, 3.05) is 10.7 Å². The highest BCUT2D eigenvalue weighted by molar-refractivity contribution is 7.80. The fraction of sp³-hybridized carbons (Fsp3) is 0.0625. The molecule has 1 radical (unpaired) electrons. The van der Waals surface area contributed by atoms with E-state index in [4.69, 9.17) is 12.2 Å². The zero-order valence-corrected chi connectivity index (χ0v) is 12.8. The first-order valence-electron chi connectivity index (χ1n) is 6.91. The number of anilines is 1. The van der Waals surface area contributed by atoms with Gasteiger partial charge in [0.2, 0.25) is 0 Å². The quantitative estimate of drug-likeness (QED) is 0.722. The monoisotopic (exact) mass is 325 g/mol. The number of nitrogens with zero attached hydrogens (tertiary/aromatic N) is 2. The van der Waals surface area contributed by atoms with Crippen molar-refractivity contribution >= 4 is 33.9 Å². The number of nitrogens with one attached hydrogen (secondary N) is 2. The summed E-state index contributed by atoms with van der Waals surface area (Å²) in [6.07, 6.45) is 0. The fourth-order valence-electron chi connectivity index (χ4n) is 2.17. The van der Waals surface area contributed by atoms with Gasteiger partial charge in [-0.15, -0.1) is 0 Å². The van der Waals surface area contributed by atoms with E-state index in [2.05, 4.69) is 15.7 Å². The molecule has 0 bridgehead atoms. The third-order valence-corrected chi connectivity index (χ3v) is 3.41. The smallest absolute Gasteiger partial charge is 0.280 e. The van der Waals surface area contributed by atoms with Gasteiger partial charge in [-0.05, 0) is 36.5 Å². The third kappa shape index (κ3) is 3.20. The van der Waals surface area contributed by atoms with Crippen molar-refractivity contribution in [3.63, 3.8) is 0 Å². The maximum Gasteiger partial charge on any atom is 0.280 e. The highest BCUT2D eigenvalue weighted by Gasteiger charge is 2.11. The van der Waals surface area contributed by atoms with Crippen molar-refractivity contribution in [1.29, 1.82) is 0 Å². The molecule has 0 saturated heterocycles. The van der Waals surface area contributed by atoms with Crippen LogP contribution in [-0.2, 0) is 11.7 Å². The lowest BCUT2D eigenvalue weighted by Crippen LogP contribution is -2.38. The van der Waals surface area contributed by atoms with Gasteiger partial charge >= 0.3 is 0 Å². The second-order valence-corrected chi connectivity index (χ2v) is 5.17. The van der Waals surface area contributed by atoms with Crippen LogP contribution in [0.15, 0.2) is 59.4 Å². The summed E-state index contributed by atoms with van der Waals surface area (Å²) in [5.41, 5.74) is 3.63. The minimum Gasteiger partial charge on any atom is -0.331 e. The van der Waals surface area contributed by atoms with Crippen LogP contribution >= 0.6 is 12.2 Å². The molecule has 1 aromatic heterocycles. The Bertz CT molecular complexity index is 909. The zero-order chi connectivity index (χ0) is 16.2. The Balaban J connectivity index is 1.94. The van der Waals surface area contributed by atoms with E-state index in [9.17, 15) is 9.90 Å². The summed E-state index contributed by atoms with van der Waals surface area (Å²) in [6.45, 7) is -0.638. The van der Waals surface area contributed by atoms with Gasteiger partial charge in [0, 0.05) is 5.69 Å². The highest BCUT2D eigenvalue weighted by atomic mass is 32.1. The van der Waals surface area contributed by atoms with Crippen molar-refractivity contribution in [3.05, 3.63) is 70.8 Å². The van der Waals surface area contributed by atoms with Crippen LogP contribution in [0.2, 0.25) is 0 Å². The zero-order valence-electron chi connectivity index (χ0n) is 12.0. The lowest BCUT2D eigenvalue weighted by molar-refractivity contribution is 0.166. The molecular formula is C16H13N4O2S. The van der Waals surface area contributed by atoms with E-state index in [0.29, 0.717) is 10.9 Å². The van der Waals surface area contributed by atoms with Gasteiger partial charge < -0.3 is 5.32 Å². The van der Waals surface area contributed by atoms with Crippen molar-refractivity contribution in [1.82, 2.24) is 9.66 Å². The van der Waals surface area contributed by atoms with Crippen LogP contribution in [-0.4, -0.2) is 14.8 Å². The van der Waals surface area contributed by atoms with Gasteiger partial charge in [0.25, 0.3) is 5.56 Å². The molecule has 1 heterocycles. The molecule has 0 amide bonds. The molecule has 0 atom stereocenters. The van der Waals surface area contributed by atoms with Crippen LogP contribution in [0.25, 0.3) is 10.9 Å². The molecule has 2 N–H and O–H groups in total. The van der Waals surface area contributed by atoms with Crippen LogP contribution in [0.3, 0.4) is 0 Å². The lowest BCUT2D eigenvalue weighted by atomic mass is 10.2. The van der Waals surface area contributed by atoms with E-state index in [-0.39, 0.29) is 16.5 Å². The summed E-state index contributed by atoms with van der Waals surface area (Å²) < 4.78 is 1.09. The molecule has 2 aromatic carbocycles. The van der Waals surface area contributed by atoms with E-state index in [1.54, 1.807) is 24.3 Å². The van der Waals surface area contributed by atoms with E-state index in [0.717, 1.165) is 10.4 Å². The second-order valence-electron chi connectivity index (χ2n) is 4.76. The predicted octanol–water partition coefficient (Wildman–Crippen LogP) is 2.27. The number of para-hydroxylation sites is 2. The van der Waals surface area contributed by atoms with E-state index in [1.807, 2.05) is 30.3 Å². The largest absolute Gasteiger partial charge is 0.331 e. The van der Waals surface area contributed by atoms with E-state index >= 15 is 0 Å². The minimum atomic E-state index is -0.638. The SMILES string of the molecule is [O]Cc1nc2ccccc2c(=O)n1NC(=S)Nc1ccccc1. The molecule has 0 unspecified atom stereocenters. The molecule has 0 saturated carbocycles. The van der Waals surface area contributed by atoms with Crippen molar-refractivity contribution in [2.45, 2.75) is 6.61 Å². The number of hydrogen-bond acceptors (Lipinski definition) is 3. The molecule has 23 heavy (non-hydrogen) atoms. The molecule has 3 rings (SSSR count). The second kappa shape index (κ2) is 6.55. The Labute approximate surface area is 137 Å². The molecule has 6 nitrogen and oxygen atoms in total. The van der Waals surface area contributed by atoms with E-state index in [1.165, 1.54) is 0 Å². The van der Waals surface area contributed by atoms with Crippen molar-refractivity contribution < 1.29 is 5.11 Å². The van der Waals surface area contributed by atoms with Crippen LogP contribution < -0.4 is 16.3 Å². The van der Waals surface area contributed by atoms with Gasteiger partial charge in [-0.1, -0.05) is 30.3 Å². The first-order chi connectivity index (χ1) is 11.2. The molecule has 0 fully saturated rings. The average Bonchev–Trinajstić information content (AvgIpc) is 2.58. The Morgan fingerprint density at radius 1 is 1.09 bits per heavy atom. The number of benzene rings is 2. The normalized spacial score (nSPS) is 10.5. The average molecular weight is 325 g/mol. The van der Waals surface area contributed by atoms with Gasteiger partial charge in [0.1, 0.15) is 6.61 Å². The molecular weight excluding hydrogens is 312 g/mol. The van der Waals surface area contributed by atoms with Gasteiger partial charge in [-0.25, -0.2) is 14.8 Å². The topological polar surface area (TPSA) is 78.8 Å². The summed E-state index contributed by atoms with van der Waals surface area (Å²) in [7, 11) is 0. The summed E-state index contributed by atoms with van der Waals surface area (Å²) in [4.78, 5) is 16.7. The minimum absolute atomic E-state index is 0.0749. The van der Waals surface area contributed by atoms with Gasteiger partial charge in [0.05, 0.1) is 10.9 Å². The third-order valence-electron chi connectivity index (χ3n) is 3.22. The number of thiocarbonyl (C=S) groups is 1. The molecule has 0 spiro atoms. The first-order valence-corrected chi connectivity index (χ1v) is 7.31. The molecule has 0 aliphatic rings. The van der Waals surface area contributed by atoms with E-state index < -0.39 is 6.61 Å². The summed E-state index contributed by atoms with van der Waals surface area (Å²) in [6, 6.07) is 16.1. The summed E-state index contributed by atoms with van der Waals surface area (Å²) in [5, 5.41) is 14.9. The van der Waals surface area contributed by atoms with Gasteiger partial charge in [-0.2, -0.15) is 0 Å². The fourth-order valence-corrected chi connectivity index (χ4v) is 2.38. The number of fused-ring (bicyclic) bond motifs is 1. The number of hydrogen-bond donors (Lipinski definition) is 2. The van der Waals surface area contributed by atoms with Crippen LogP contribution in [0.1, 0.15) is 5.82 Å². The van der Waals surface area contributed by atoms with Crippen LogP contribution in [0, 0.1) is 0 Å². The summed E-state index contributed by atoms with van der Waals surface area (Å²) in [5.74, 6) is 0.0749. The standard InChI is InChI=1S/C16H13N4O2S/c21-10-14-18-13-9-5-4-8-12(13)15(22)20(14)19-16(23)17-11-6-2-1-3-7-11/h1-9H,10H2,(H2,17,19,23). The molecule has 0 aliphatic heterocycles. The Hall–Kier alpha value is -2.77. The maximum absolute atomic E-state index is 12.5. The highest BCUT2D eigenvalue weighted by Crippen LogP contribution is 2.08. The Morgan fingerprint density at radius 2 is 1.78 bits per heavy atom. The van der Waals surface area contributed by atoms with Crippen LogP contribution in [0.5, 0.6) is 0 Å². The Kier molecular flexibility index (Phi) is 4.31. The first kappa shape index (κ1) is 15.1. The van der Waals surface area contributed by atoms with Gasteiger partial charge in [0.15, 0.2) is 10.9 Å². The number of rotatable bonds is 3. The van der Waals surface area contributed by atoms with Crippen molar-refractivity contribution in [3.8, 4) is 0 Å². The Morgan fingerprint density at radius 3 is 2.52 bits per heavy atom. The molecule has 3 aromatic rings. The summed E-state index contributed by atoms with van der Waals surface area (Å²) >= 11 is 5.20. The predicted molar refractivity (Wildman–Crippen MR) is 92.4 cm³/mol. The lowest BCUT2D eigenvalue weighted by Gasteiger charge is -2.15. The van der Waals surface area contributed by atoms with Crippen LogP contribution in [0.4, 0.5) is 5.69 Å².